The fraction of sp³-hybridized carbons (Fsp3) is 0.176. The van der Waals surface area contributed by atoms with E-state index in [0.717, 1.165) is 4.90 Å². The van der Waals surface area contributed by atoms with Gasteiger partial charge in [0.15, 0.2) is 17.7 Å². The number of fused-ring (bicyclic) bond motifs is 2. The third kappa shape index (κ3) is 2.21. The van der Waals surface area contributed by atoms with Gasteiger partial charge in [-0.05, 0) is 24.3 Å². The zero-order valence-electron chi connectivity index (χ0n) is 12.6. The maximum atomic E-state index is 12.3. The van der Waals surface area contributed by atoms with Crippen LogP contribution in [0, 0.1) is 0 Å². The van der Waals surface area contributed by atoms with Crippen LogP contribution in [0.3, 0.4) is 0 Å². The second-order valence-electron chi connectivity index (χ2n) is 5.54. The highest BCUT2D eigenvalue weighted by Gasteiger charge is 2.36. The highest BCUT2D eigenvalue weighted by molar-refractivity contribution is 6.21. The molecule has 3 amide bonds. The van der Waals surface area contributed by atoms with Crippen molar-refractivity contribution in [1.82, 2.24) is 9.88 Å². The zero-order chi connectivity index (χ0) is 16.7. The van der Waals surface area contributed by atoms with Crippen LogP contribution < -0.4 is 10.1 Å². The van der Waals surface area contributed by atoms with Gasteiger partial charge in [-0.1, -0.05) is 12.1 Å². The minimum atomic E-state index is -0.772. The summed E-state index contributed by atoms with van der Waals surface area (Å²) in [5.41, 5.74) is 0.789. The molecule has 0 spiro atoms. The van der Waals surface area contributed by atoms with Crippen molar-refractivity contribution in [3.05, 3.63) is 53.7 Å². The van der Waals surface area contributed by atoms with E-state index >= 15 is 0 Å². The van der Waals surface area contributed by atoms with Gasteiger partial charge in [0.1, 0.15) is 0 Å². The molecule has 0 bridgehead atoms. The van der Waals surface area contributed by atoms with Crippen molar-refractivity contribution in [3.8, 4) is 5.75 Å². The van der Waals surface area contributed by atoms with Crippen molar-refractivity contribution in [3.63, 3.8) is 0 Å². The fourth-order valence-corrected chi connectivity index (χ4v) is 2.86. The molecular weight excluding hydrogens is 310 g/mol. The Labute approximate surface area is 137 Å². The van der Waals surface area contributed by atoms with Crippen LogP contribution >= 0.6 is 0 Å². The third-order valence-electron chi connectivity index (χ3n) is 4.07. The number of ether oxygens (including phenoxy) is 1. The summed E-state index contributed by atoms with van der Waals surface area (Å²) in [5.74, 6) is -0.162. The summed E-state index contributed by atoms with van der Waals surface area (Å²) in [6.45, 7) is 0.111. The minimum absolute atomic E-state index is 0.111. The summed E-state index contributed by atoms with van der Waals surface area (Å²) in [6.07, 6.45) is 0.999. The summed E-state index contributed by atoms with van der Waals surface area (Å²) in [6, 6.07) is 10.1. The Morgan fingerprint density at radius 2 is 1.75 bits per heavy atom. The molecule has 1 atom stereocenters. The number of anilines is 1. The summed E-state index contributed by atoms with van der Waals surface area (Å²) in [4.78, 5) is 41.9. The lowest BCUT2D eigenvalue weighted by Gasteiger charge is -2.26. The molecule has 2 aliphatic rings. The van der Waals surface area contributed by atoms with E-state index in [1.54, 1.807) is 42.6 Å². The molecule has 1 aromatic heterocycles. The molecular formula is C17H13N3O4. The highest BCUT2D eigenvalue weighted by atomic mass is 16.5. The lowest BCUT2D eigenvalue weighted by atomic mass is 10.1. The van der Waals surface area contributed by atoms with Crippen molar-refractivity contribution < 1.29 is 19.1 Å². The lowest BCUT2D eigenvalue weighted by molar-refractivity contribution is -0.123. The van der Waals surface area contributed by atoms with Crippen molar-refractivity contribution >= 4 is 23.5 Å². The van der Waals surface area contributed by atoms with Gasteiger partial charge in [-0.3, -0.25) is 19.3 Å². The quantitative estimate of drug-likeness (QED) is 0.864. The van der Waals surface area contributed by atoms with Gasteiger partial charge >= 0.3 is 0 Å². The van der Waals surface area contributed by atoms with E-state index in [1.807, 2.05) is 0 Å². The Hall–Kier alpha value is -3.22. The average molecular weight is 323 g/mol. The third-order valence-corrected chi connectivity index (χ3v) is 4.07. The minimum Gasteiger partial charge on any atom is -0.477 e. The molecule has 0 radical (unpaired) electrons. The molecule has 0 saturated heterocycles. The van der Waals surface area contributed by atoms with Crippen LogP contribution in [0.5, 0.6) is 5.75 Å². The van der Waals surface area contributed by atoms with E-state index in [1.165, 1.54) is 0 Å². The number of carbonyl (C=O) groups is 3. The van der Waals surface area contributed by atoms with E-state index < -0.39 is 6.10 Å². The molecule has 1 aromatic carbocycles. The summed E-state index contributed by atoms with van der Waals surface area (Å²) in [5, 5.41) is 2.66. The number of hydrogen-bond acceptors (Lipinski definition) is 5. The van der Waals surface area contributed by atoms with Crippen molar-refractivity contribution in [2.75, 3.05) is 11.9 Å². The molecule has 0 unspecified atom stereocenters. The van der Waals surface area contributed by atoms with Crippen molar-refractivity contribution in [2.45, 2.75) is 12.5 Å². The van der Waals surface area contributed by atoms with Crippen molar-refractivity contribution in [2.24, 2.45) is 0 Å². The summed E-state index contributed by atoms with van der Waals surface area (Å²) in [7, 11) is 0. The second-order valence-corrected chi connectivity index (χ2v) is 5.54. The van der Waals surface area contributed by atoms with Gasteiger partial charge in [0.05, 0.1) is 11.1 Å². The predicted molar refractivity (Wildman–Crippen MR) is 83.7 cm³/mol. The Kier molecular flexibility index (Phi) is 3.26. The number of hydrogen-bond donors (Lipinski definition) is 1. The molecule has 0 fully saturated rings. The normalized spacial score (nSPS) is 18.8. The van der Waals surface area contributed by atoms with Gasteiger partial charge in [0, 0.05) is 19.2 Å². The molecule has 120 valence electrons. The standard InChI is InChI=1S/C17H13N3O4/c21-15-13(24-12-6-3-8-18-14(12)19-15)7-9-20-16(22)10-4-1-2-5-11(10)17(20)23/h1-6,8,13H,7,9H2,(H,18,19,21)/t13-/m1/s1. The van der Waals surface area contributed by atoms with E-state index in [-0.39, 0.29) is 30.7 Å². The Balaban J connectivity index is 1.48. The van der Waals surface area contributed by atoms with Crippen LogP contribution in [0.15, 0.2) is 42.6 Å². The van der Waals surface area contributed by atoms with Gasteiger partial charge in [-0.25, -0.2) is 4.98 Å². The molecule has 7 nitrogen and oxygen atoms in total. The van der Waals surface area contributed by atoms with E-state index in [4.69, 9.17) is 4.74 Å². The van der Waals surface area contributed by atoms with Crippen molar-refractivity contribution in [1.29, 1.82) is 0 Å². The summed E-state index contributed by atoms with van der Waals surface area (Å²) < 4.78 is 5.63. The maximum Gasteiger partial charge on any atom is 0.266 e. The predicted octanol–water partition coefficient (Wildman–Crippen LogP) is 1.47. The van der Waals surface area contributed by atoms with Gasteiger partial charge in [-0.15, -0.1) is 0 Å². The van der Waals surface area contributed by atoms with Gasteiger partial charge in [-0.2, -0.15) is 0 Å². The molecule has 1 N–H and O–H groups in total. The van der Waals surface area contributed by atoms with E-state index in [9.17, 15) is 14.4 Å². The Morgan fingerprint density at radius 1 is 1.04 bits per heavy atom. The number of carbonyl (C=O) groups excluding carboxylic acids is 3. The Morgan fingerprint density at radius 3 is 2.46 bits per heavy atom. The summed E-state index contributed by atoms with van der Waals surface area (Å²) >= 11 is 0. The number of nitrogens with one attached hydrogen (secondary N) is 1. The van der Waals surface area contributed by atoms with E-state index in [0.29, 0.717) is 22.7 Å². The zero-order valence-corrected chi connectivity index (χ0v) is 12.6. The lowest BCUT2D eigenvalue weighted by Crippen LogP contribution is -2.41. The van der Waals surface area contributed by atoms with Crippen LogP contribution in [0.25, 0.3) is 0 Å². The second kappa shape index (κ2) is 5.45. The van der Waals surface area contributed by atoms with Crippen LogP contribution in [0.2, 0.25) is 0 Å². The molecule has 3 heterocycles. The number of imide groups is 1. The van der Waals surface area contributed by atoms with Crippen LogP contribution in [0.1, 0.15) is 27.1 Å². The number of nitrogens with zero attached hydrogens (tertiary/aromatic N) is 2. The van der Waals surface area contributed by atoms with Crippen LogP contribution in [0.4, 0.5) is 5.82 Å². The number of amides is 3. The number of rotatable bonds is 3. The van der Waals surface area contributed by atoms with E-state index in [2.05, 4.69) is 10.3 Å². The molecule has 24 heavy (non-hydrogen) atoms. The highest BCUT2D eigenvalue weighted by Crippen LogP contribution is 2.28. The topological polar surface area (TPSA) is 88.6 Å². The smallest absolute Gasteiger partial charge is 0.266 e. The first-order valence-corrected chi connectivity index (χ1v) is 7.53. The first kappa shape index (κ1) is 14.4. The number of benzene rings is 1. The van der Waals surface area contributed by atoms with Gasteiger partial charge in [0.25, 0.3) is 17.7 Å². The molecule has 0 saturated carbocycles. The first-order valence-electron chi connectivity index (χ1n) is 7.53. The number of pyridine rings is 1. The molecule has 2 aromatic rings. The van der Waals surface area contributed by atoms with Gasteiger partial charge in [0.2, 0.25) is 0 Å². The Bertz CT molecular complexity index is 829. The first-order chi connectivity index (χ1) is 11.6. The number of aromatic nitrogens is 1. The largest absolute Gasteiger partial charge is 0.477 e. The average Bonchev–Trinajstić information content (AvgIpc) is 2.84. The molecule has 2 aliphatic heterocycles. The fourth-order valence-electron chi connectivity index (χ4n) is 2.86. The van der Waals surface area contributed by atoms with Crippen LogP contribution in [-0.2, 0) is 4.79 Å². The SMILES string of the molecule is O=C1Nc2ncccc2O[C@@H]1CCN1C(=O)c2ccccc2C1=O. The molecule has 0 aliphatic carbocycles. The molecule has 7 heteroatoms. The maximum absolute atomic E-state index is 12.3. The monoisotopic (exact) mass is 323 g/mol. The van der Waals surface area contributed by atoms with Crippen LogP contribution in [-0.4, -0.2) is 40.3 Å². The molecule has 4 rings (SSSR count). The van der Waals surface area contributed by atoms with Gasteiger partial charge < -0.3 is 10.1 Å².